The number of unbranched alkanes of at least 4 members (excludes halogenated alkanes) is 15. The number of allylic oxidation sites excluding steroid dienone is 22. The summed E-state index contributed by atoms with van der Waals surface area (Å²) in [6.07, 6.45) is 65.8. The van der Waals surface area contributed by atoms with Gasteiger partial charge in [0.15, 0.2) is 6.10 Å². The van der Waals surface area contributed by atoms with Crippen molar-refractivity contribution in [1.82, 2.24) is 0 Å². The van der Waals surface area contributed by atoms with Crippen LogP contribution in [-0.2, 0) is 28.6 Å². The Balaban J connectivity index is 4.61. The minimum absolute atomic E-state index is 0.125. The van der Waals surface area contributed by atoms with Crippen molar-refractivity contribution in [3.63, 3.8) is 0 Å². The predicted octanol–water partition coefficient (Wildman–Crippen LogP) is 15.1. The fraction of sp³-hybridized carbons (Fsp3) is 0.537. The first-order valence-corrected chi connectivity index (χ1v) is 23.3. The van der Waals surface area contributed by atoms with Crippen LogP contribution in [0.3, 0.4) is 0 Å². The van der Waals surface area contributed by atoms with Crippen molar-refractivity contribution in [2.45, 2.75) is 175 Å². The van der Waals surface area contributed by atoms with Crippen LogP contribution in [-0.4, -0.2) is 37.2 Å². The molecule has 0 aliphatic carbocycles. The van der Waals surface area contributed by atoms with Crippen molar-refractivity contribution in [2.24, 2.45) is 0 Å². The van der Waals surface area contributed by atoms with E-state index in [0.29, 0.717) is 19.3 Å². The minimum Gasteiger partial charge on any atom is -0.462 e. The highest BCUT2D eigenvalue weighted by Crippen LogP contribution is 2.13. The number of rotatable bonds is 39. The molecule has 0 rings (SSSR count). The van der Waals surface area contributed by atoms with Crippen molar-refractivity contribution in [2.75, 3.05) is 13.2 Å². The lowest BCUT2D eigenvalue weighted by Crippen LogP contribution is -2.30. The van der Waals surface area contributed by atoms with E-state index in [2.05, 4.69) is 39.0 Å². The molecule has 0 spiro atoms. The summed E-state index contributed by atoms with van der Waals surface area (Å²) in [6.45, 7) is 6.21. The minimum atomic E-state index is -0.835. The molecule has 0 bridgehead atoms. The van der Waals surface area contributed by atoms with Gasteiger partial charge in [0.1, 0.15) is 13.2 Å². The van der Waals surface area contributed by atoms with Crippen LogP contribution in [0.4, 0.5) is 0 Å². The van der Waals surface area contributed by atoms with Crippen LogP contribution >= 0.6 is 0 Å². The van der Waals surface area contributed by atoms with E-state index in [-0.39, 0.29) is 38.0 Å². The Hall–Kier alpha value is -4.45. The molecule has 0 N–H and O–H groups in total. The number of hydrogen-bond acceptors (Lipinski definition) is 6. The van der Waals surface area contributed by atoms with Crippen LogP contribution in [0.15, 0.2) is 134 Å². The van der Waals surface area contributed by atoms with Crippen LogP contribution in [0.25, 0.3) is 0 Å². The van der Waals surface area contributed by atoms with Crippen LogP contribution in [0.2, 0.25) is 0 Å². The Bertz CT molecular complexity index is 1370. The van der Waals surface area contributed by atoms with Crippen molar-refractivity contribution >= 4 is 17.9 Å². The van der Waals surface area contributed by atoms with Gasteiger partial charge in [-0.05, 0) is 51.4 Å². The number of esters is 3. The summed E-state index contributed by atoms with van der Waals surface area (Å²) in [5.41, 5.74) is 0. The molecule has 0 heterocycles. The molecule has 1 unspecified atom stereocenters. The normalized spacial score (nSPS) is 13.3. The quantitative estimate of drug-likeness (QED) is 0.0266. The summed E-state index contributed by atoms with van der Waals surface area (Å²) in [5.74, 6) is -1.06. The van der Waals surface area contributed by atoms with Gasteiger partial charge in [-0.1, -0.05) is 231 Å². The molecule has 0 amide bonds. The van der Waals surface area contributed by atoms with Gasteiger partial charge >= 0.3 is 17.9 Å². The lowest BCUT2D eigenvalue weighted by atomic mass is 10.0. The zero-order chi connectivity index (χ0) is 43.7. The van der Waals surface area contributed by atoms with Gasteiger partial charge in [0.2, 0.25) is 0 Å². The molecule has 6 nitrogen and oxygen atoms in total. The third kappa shape index (κ3) is 44.6. The Labute approximate surface area is 366 Å². The van der Waals surface area contributed by atoms with Crippen molar-refractivity contribution < 1.29 is 28.6 Å². The first kappa shape index (κ1) is 55.6. The molecule has 0 aliphatic rings. The first-order valence-electron chi connectivity index (χ1n) is 23.3. The van der Waals surface area contributed by atoms with Gasteiger partial charge in [-0.25, -0.2) is 0 Å². The summed E-state index contributed by atoms with van der Waals surface area (Å²) >= 11 is 0. The average Bonchev–Trinajstić information content (AvgIpc) is 3.24. The Morgan fingerprint density at radius 3 is 1.07 bits per heavy atom. The smallest absolute Gasteiger partial charge is 0.306 e. The molecular formula is C54H82O6. The predicted molar refractivity (Wildman–Crippen MR) is 256 cm³/mol. The summed E-state index contributed by atoms with van der Waals surface area (Å²) in [4.78, 5) is 37.8. The molecule has 0 aromatic heterocycles. The molecule has 334 valence electrons. The fourth-order valence-electron chi connectivity index (χ4n) is 5.74. The maximum absolute atomic E-state index is 12.7. The monoisotopic (exact) mass is 827 g/mol. The zero-order valence-electron chi connectivity index (χ0n) is 37.9. The number of ether oxygens (including phenoxy) is 3. The SMILES string of the molecule is CC\C=C/C=C\C=C/C=C\C=C/CCCC(=O)OC(COC(=O)CCCCC\C=C/C=C/C=C\C=C/C=C\C=C/CC)COC(=O)CCCCCCCCCCCCCC. The van der Waals surface area contributed by atoms with Gasteiger partial charge in [0, 0.05) is 19.3 Å². The second-order valence-electron chi connectivity index (χ2n) is 14.8. The molecule has 0 saturated heterocycles. The van der Waals surface area contributed by atoms with Crippen molar-refractivity contribution in [3.8, 4) is 0 Å². The molecule has 0 radical (unpaired) electrons. The second-order valence-corrected chi connectivity index (χ2v) is 14.8. The van der Waals surface area contributed by atoms with Gasteiger partial charge in [0.05, 0.1) is 0 Å². The Morgan fingerprint density at radius 1 is 0.350 bits per heavy atom. The van der Waals surface area contributed by atoms with E-state index in [1.807, 2.05) is 115 Å². The molecule has 60 heavy (non-hydrogen) atoms. The Kier molecular flexibility index (Phi) is 43.7. The summed E-state index contributed by atoms with van der Waals surface area (Å²) < 4.78 is 16.6. The lowest BCUT2D eigenvalue weighted by molar-refractivity contribution is -0.167. The van der Waals surface area contributed by atoms with E-state index in [1.54, 1.807) is 0 Å². The maximum Gasteiger partial charge on any atom is 0.306 e. The number of carbonyl (C=O) groups is 3. The van der Waals surface area contributed by atoms with E-state index in [1.165, 1.54) is 57.8 Å². The summed E-state index contributed by atoms with van der Waals surface area (Å²) in [7, 11) is 0. The topological polar surface area (TPSA) is 78.9 Å². The van der Waals surface area contributed by atoms with Gasteiger partial charge in [-0.3, -0.25) is 14.4 Å². The first-order chi connectivity index (χ1) is 29.5. The van der Waals surface area contributed by atoms with Crippen LogP contribution in [0.5, 0.6) is 0 Å². The molecule has 0 aromatic rings. The van der Waals surface area contributed by atoms with Gasteiger partial charge in [-0.2, -0.15) is 0 Å². The standard InChI is InChI=1S/C54H82O6/c1-4-7-10-13-16-19-22-25-26-27-28-30-32-35-38-41-44-47-53(56)59-50-51(49-58-52(55)46-43-40-37-34-31-24-21-18-15-12-9-6-3)60-54(57)48-45-42-39-36-33-29-23-20-17-14-11-8-5-2/h7-8,10-11,13-14,16-17,19-20,22-23,25-30,32-33,36,39,51H,4-6,9,12,15,18,21,24,31,34-35,37-38,40-50H2,1-3H3/b10-7-,11-8-,16-13-,17-14-,22-19-,23-20-,26-25-,28-27+,32-30-,33-29-,39-36-. The van der Waals surface area contributed by atoms with Gasteiger partial charge in [-0.15, -0.1) is 0 Å². The van der Waals surface area contributed by atoms with Crippen molar-refractivity contribution in [1.29, 1.82) is 0 Å². The highest BCUT2D eigenvalue weighted by atomic mass is 16.6. The highest BCUT2D eigenvalue weighted by molar-refractivity contribution is 5.71. The van der Waals surface area contributed by atoms with Crippen LogP contribution in [0.1, 0.15) is 168 Å². The molecule has 1 atom stereocenters. The second kappa shape index (κ2) is 47.2. The fourth-order valence-corrected chi connectivity index (χ4v) is 5.74. The molecule has 6 heteroatoms. The maximum atomic E-state index is 12.7. The summed E-state index contributed by atoms with van der Waals surface area (Å²) in [6, 6.07) is 0. The third-order valence-electron chi connectivity index (χ3n) is 9.19. The van der Waals surface area contributed by atoms with Crippen LogP contribution < -0.4 is 0 Å². The molecule has 0 aromatic carbocycles. The van der Waals surface area contributed by atoms with Crippen LogP contribution in [0, 0.1) is 0 Å². The molecular weight excluding hydrogens is 745 g/mol. The number of hydrogen-bond donors (Lipinski definition) is 0. The third-order valence-corrected chi connectivity index (χ3v) is 9.19. The highest BCUT2D eigenvalue weighted by Gasteiger charge is 2.19. The molecule has 0 saturated carbocycles. The summed E-state index contributed by atoms with van der Waals surface area (Å²) in [5, 5.41) is 0. The van der Waals surface area contributed by atoms with Gasteiger partial charge < -0.3 is 14.2 Å². The Morgan fingerprint density at radius 2 is 0.667 bits per heavy atom. The van der Waals surface area contributed by atoms with E-state index < -0.39 is 12.1 Å². The largest absolute Gasteiger partial charge is 0.462 e. The average molecular weight is 827 g/mol. The van der Waals surface area contributed by atoms with E-state index >= 15 is 0 Å². The molecule has 0 fully saturated rings. The zero-order valence-corrected chi connectivity index (χ0v) is 37.9. The number of carbonyl (C=O) groups excluding carboxylic acids is 3. The van der Waals surface area contributed by atoms with Crippen molar-refractivity contribution in [3.05, 3.63) is 134 Å². The lowest BCUT2D eigenvalue weighted by Gasteiger charge is -2.18. The van der Waals surface area contributed by atoms with E-state index in [9.17, 15) is 14.4 Å². The van der Waals surface area contributed by atoms with E-state index in [0.717, 1.165) is 57.8 Å². The van der Waals surface area contributed by atoms with E-state index in [4.69, 9.17) is 14.2 Å². The molecule has 0 aliphatic heterocycles. The van der Waals surface area contributed by atoms with Gasteiger partial charge in [0.25, 0.3) is 0 Å².